The molecule has 4 rings (SSSR count). The van der Waals surface area contributed by atoms with Gasteiger partial charge >= 0.3 is 5.97 Å². The van der Waals surface area contributed by atoms with Gasteiger partial charge in [0.15, 0.2) is 5.82 Å². The molecule has 0 bridgehead atoms. The van der Waals surface area contributed by atoms with Crippen LogP contribution in [0.3, 0.4) is 0 Å². The van der Waals surface area contributed by atoms with Gasteiger partial charge in [-0.3, -0.25) is 9.59 Å². The second-order valence-corrected chi connectivity index (χ2v) is 6.42. The van der Waals surface area contributed by atoms with E-state index in [0.717, 1.165) is 16.6 Å². The van der Waals surface area contributed by atoms with Crippen molar-refractivity contribution < 1.29 is 14.7 Å². The fourth-order valence-electron chi connectivity index (χ4n) is 3.31. The van der Waals surface area contributed by atoms with E-state index in [1.54, 1.807) is 11.1 Å². The number of carbonyl (C=O) groups excluding carboxylic acids is 1. The van der Waals surface area contributed by atoms with Crippen molar-refractivity contribution in [2.24, 2.45) is 5.41 Å². The highest BCUT2D eigenvalue weighted by Crippen LogP contribution is 2.47. The van der Waals surface area contributed by atoms with Crippen LogP contribution in [0, 0.1) is 5.41 Å². The smallest absolute Gasteiger partial charge is 0.319 e. The average Bonchev–Trinajstić information content (AvgIpc) is 3.43. The maximum Gasteiger partial charge on any atom is 0.319 e. The van der Waals surface area contributed by atoms with Crippen LogP contribution in [0.15, 0.2) is 30.5 Å². The Morgan fingerprint density at radius 2 is 1.79 bits per heavy atom. The molecule has 0 atom stereocenters. The third-order valence-electron chi connectivity index (χ3n) is 4.99. The van der Waals surface area contributed by atoms with E-state index in [1.807, 2.05) is 24.3 Å². The average molecular weight is 326 g/mol. The van der Waals surface area contributed by atoms with Gasteiger partial charge in [-0.05, 0) is 12.8 Å². The van der Waals surface area contributed by atoms with E-state index in [2.05, 4.69) is 15.1 Å². The van der Waals surface area contributed by atoms with Crippen molar-refractivity contribution in [2.45, 2.75) is 12.8 Å². The SMILES string of the molecule is O=C(O)C1(C(=O)N2CCN(c3nncc4ccccc34)CC2)CC1. The largest absolute Gasteiger partial charge is 0.480 e. The van der Waals surface area contributed by atoms with Crippen LogP contribution >= 0.6 is 0 Å². The van der Waals surface area contributed by atoms with Crippen LogP contribution in [-0.4, -0.2) is 58.3 Å². The number of carboxylic acid groups (broad SMARTS) is 1. The molecule has 1 amide bonds. The Morgan fingerprint density at radius 1 is 1.08 bits per heavy atom. The number of aliphatic carboxylic acids is 1. The molecule has 7 nitrogen and oxygen atoms in total. The molecule has 2 aliphatic rings. The van der Waals surface area contributed by atoms with Gasteiger partial charge in [-0.25, -0.2) is 0 Å². The van der Waals surface area contributed by atoms with Crippen LogP contribution in [0.1, 0.15) is 12.8 Å². The minimum Gasteiger partial charge on any atom is -0.480 e. The molecule has 7 heteroatoms. The van der Waals surface area contributed by atoms with Gasteiger partial charge in [0.05, 0.1) is 6.20 Å². The summed E-state index contributed by atoms with van der Waals surface area (Å²) in [5, 5.41) is 19.7. The lowest BCUT2D eigenvalue weighted by Gasteiger charge is -2.36. The van der Waals surface area contributed by atoms with Gasteiger partial charge in [0, 0.05) is 37.0 Å². The van der Waals surface area contributed by atoms with Crippen LogP contribution < -0.4 is 4.90 Å². The van der Waals surface area contributed by atoms with Crippen molar-refractivity contribution >= 4 is 28.5 Å². The molecule has 1 saturated carbocycles. The Kier molecular flexibility index (Phi) is 3.37. The van der Waals surface area contributed by atoms with Crippen molar-refractivity contribution in [2.75, 3.05) is 31.1 Å². The maximum absolute atomic E-state index is 12.5. The minimum atomic E-state index is -1.15. The number of benzene rings is 1. The summed E-state index contributed by atoms with van der Waals surface area (Å²) in [4.78, 5) is 27.6. The van der Waals surface area contributed by atoms with Crippen molar-refractivity contribution in [3.05, 3.63) is 30.5 Å². The molecule has 1 saturated heterocycles. The Hall–Kier alpha value is -2.70. The number of amides is 1. The van der Waals surface area contributed by atoms with Crippen LogP contribution in [-0.2, 0) is 9.59 Å². The number of rotatable bonds is 3. The fourth-order valence-corrected chi connectivity index (χ4v) is 3.31. The molecule has 1 aliphatic heterocycles. The molecule has 2 heterocycles. The predicted octanol–water partition coefficient (Wildman–Crippen LogP) is 1.14. The van der Waals surface area contributed by atoms with E-state index in [1.165, 1.54) is 0 Å². The summed E-state index contributed by atoms with van der Waals surface area (Å²) in [5.41, 5.74) is -1.15. The molecular weight excluding hydrogens is 308 g/mol. The van der Waals surface area contributed by atoms with Crippen molar-refractivity contribution in [1.29, 1.82) is 0 Å². The quantitative estimate of drug-likeness (QED) is 0.851. The van der Waals surface area contributed by atoms with Crippen LogP contribution in [0.25, 0.3) is 10.8 Å². The first-order valence-corrected chi connectivity index (χ1v) is 8.10. The van der Waals surface area contributed by atoms with E-state index < -0.39 is 11.4 Å². The predicted molar refractivity (Wildman–Crippen MR) is 87.6 cm³/mol. The van der Waals surface area contributed by atoms with E-state index in [9.17, 15) is 14.7 Å². The molecule has 1 aromatic carbocycles. The molecule has 0 unspecified atom stereocenters. The van der Waals surface area contributed by atoms with Gasteiger partial charge in [-0.1, -0.05) is 24.3 Å². The van der Waals surface area contributed by atoms with Crippen molar-refractivity contribution in [3.63, 3.8) is 0 Å². The first-order valence-electron chi connectivity index (χ1n) is 8.10. The van der Waals surface area contributed by atoms with Gasteiger partial charge in [0.25, 0.3) is 0 Å². The third kappa shape index (κ3) is 2.28. The topological polar surface area (TPSA) is 86.6 Å². The highest BCUT2D eigenvalue weighted by Gasteiger charge is 2.58. The molecule has 0 radical (unpaired) electrons. The van der Waals surface area contributed by atoms with Gasteiger partial charge in [0.2, 0.25) is 5.91 Å². The van der Waals surface area contributed by atoms with E-state index >= 15 is 0 Å². The first-order chi connectivity index (χ1) is 11.6. The lowest BCUT2D eigenvalue weighted by Crippen LogP contribution is -2.52. The summed E-state index contributed by atoms with van der Waals surface area (Å²) in [6.07, 6.45) is 2.65. The zero-order valence-corrected chi connectivity index (χ0v) is 13.2. The number of aromatic nitrogens is 2. The van der Waals surface area contributed by atoms with Crippen molar-refractivity contribution in [3.8, 4) is 0 Å². The number of anilines is 1. The van der Waals surface area contributed by atoms with Crippen molar-refractivity contribution in [1.82, 2.24) is 15.1 Å². The zero-order valence-electron chi connectivity index (χ0n) is 13.2. The number of piperazine rings is 1. The lowest BCUT2D eigenvalue weighted by atomic mass is 10.1. The fraction of sp³-hybridized carbons (Fsp3) is 0.412. The van der Waals surface area contributed by atoms with Crippen LogP contribution in [0.4, 0.5) is 5.82 Å². The number of carbonyl (C=O) groups is 2. The zero-order chi connectivity index (χ0) is 16.7. The van der Waals surface area contributed by atoms with E-state index in [0.29, 0.717) is 39.0 Å². The monoisotopic (exact) mass is 326 g/mol. The van der Waals surface area contributed by atoms with Crippen LogP contribution in [0.2, 0.25) is 0 Å². The Labute approximate surface area is 138 Å². The summed E-state index contributed by atoms with van der Waals surface area (Å²) in [6, 6.07) is 7.94. The summed E-state index contributed by atoms with van der Waals surface area (Å²) < 4.78 is 0. The van der Waals surface area contributed by atoms with E-state index in [-0.39, 0.29) is 5.91 Å². The summed E-state index contributed by atoms with van der Waals surface area (Å²) in [7, 11) is 0. The molecule has 0 spiro atoms. The minimum absolute atomic E-state index is 0.237. The summed E-state index contributed by atoms with van der Waals surface area (Å²) >= 11 is 0. The molecule has 1 aliphatic carbocycles. The Bertz CT molecular complexity index is 805. The second kappa shape index (κ2) is 5.43. The third-order valence-corrected chi connectivity index (χ3v) is 4.99. The van der Waals surface area contributed by atoms with Gasteiger partial charge in [-0.15, -0.1) is 5.10 Å². The molecule has 124 valence electrons. The van der Waals surface area contributed by atoms with Gasteiger partial charge < -0.3 is 14.9 Å². The molecule has 2 aromatic rings. The van der Waals surface area contributed by atoms with E-state index in [4.69, 9.17) is 0 Å². The lowest BCUT2D eigenvalue weighted by molar-refractivity contribution is -0.153. The number of carboxylic acids is 1. The number of fused-ring (bicyclic) bond motifs is 1. The summed E-state index contributed by atoms with van der Waals surface area (Å²) in [6.45, 7) is 2.28. The standard InChI is InChI=1S/C17H18N4O3/c22-15(17(5-6-17)16(23)24)21-9-7-20(8-10-21)14-13-4-2-1-3-12(13)11-18-19-14/h1-4,11H,5-10H2,(H,23,24). The molecule has 1 N–H and O–H groups in total. The summed E-state index contributed by atoms with van der Waals surface area (Å²) in [5.74, 6) is -0.409. The van der Waals surface area contributed by atoms with Gasteiger partial charge in [-0.2, -0.15) is 5.10 Å². The normalized spacial score (nSPS) is 19.3. The highest BCUT2D eigenvalue weighted by molar-refractivity contribution is 6.05. The Balaban J connectivity index is 1.50. The number of hydrogen-bond donors (Lipinski definition) is 1. The second-order valence-electron chi connectivity index (χ2n) is 6.42. The molecule has 1 aromatic heterocycles. The van der Waals surface area contributed by atoms with Gasteiger partial charge in [0.1, 0.15) is 5.41 Å². The van der Waals surface area contributed by atoms with Crippen LogP contribution in [0.5, 0.6) is 0 Å². The Morgan fingerprint density at radius 3 is 2.46 bits per heavy atom. The number of hydrogen-bond acceptors (Lipinski definition) is 5. The molecule has 2 fully saturated rings. The molecule has 24 heavy (non-hydrogen) atoms. The highest BCUT2D eigenvalue weighted by atomic mass is 16.4. The maximum atomic E-state index is 12.5. The first kappa shape index (κ1) is 14.9. The molecular formula is C17H18N4O3. The number of nitrogens with zero attached hydrogens (tertiary/aromatic N) is 4.